The monoisotopic (exact) mass is 349 g/mol. The quantitative estimate of drug-likeness (QED) is 0.847. The maximum atomic E-state index is 13.5. The van der Waals surface area contributed by atoms with Crippen molar-refractivity contribution in [2.45, 2.75) is 0 Å². The third kappa shape index (κ3) is 2.31. The normalized spacial score (nSPS) is 10.5. The first kappa shape index (κ1) is 12.0. The van der Waals surface area contributed by atoms with Crippen molar-refractivity contribution in [1.29, 1.82) is 0 Å². The Morgan fingerprint density at radius 1 is 1.29 bits per heavy atom. The Morgan fingerprint density at radius 2 is 2.00 bits per heavy atom. The molecule has 0 aliphatic heterocycles. The van der Waals surface area contributed by atoms with E-state index in [-0.39, 0.29) is 11.4 Å². The maximum absolute atomic E-state index is 13.5. The fourth-order valence-electron chi connectivity index (χ4n) is 1.47. The van der Waals surface area contributed by atoms with Crippen LogP contribution in [0.1, 0.15) is 10.5 Å². The molecule has 1 N–H and O–H groups in total. The van der Waals surface area contributed by atoms with Crippen molar-refractivity contribution in [3.8, 4) is 5.69 Å². The molecule has 0 fully saturated rings. The lowest BCUT2D eigenvalue weighted by Gasteiger charge is -2.07. The number of hydrogen-bond donors (Lipinski definition) is 1. The molecule has 0 radical (unpaired) electrons. The molecule has 0 bridgehead atoms. The zero-order valence-electron chi connectivity index (χ0n) is 8.32. The van der Waals surface area contributed by atoms with Gasteiger partial charge in [-0.1, -0.05) is 0 Å². The summed E-state index contributed by atoms with van der Waals surface area (Å²) >= 11 is 1.92. The topological polar surface area (TPSA) is 42.2 Å². The van der Waals surface area contributed by atoms with Gasteiger partial charge in [-0.25, -0.2) is 13.6 Å². The van der Waals surface area contributed by atoms with Crippen LogP contribution in [0.5, 0.6) is 0 Å². The third-order valence-corrected chi connectivity index (χ3v) is 2.76. The number of aromatic carboxylic acids is 1. The average molecular weight is 349 g/mol. The second kappa shape index (κ2) is 4.44. The molecule has 2 aromatic rings. The number of aromatic nitrogens is 1. The van der Waals surface area contributed by atoms with E-state index in [9.17, 15) is 13.6 Å². The summed E-state index contributed by atoms with van der Waals surface area (Å²) in [7, 11) is 0. The lowest BCUT2D eigenvalue weighted by Crippen LogP contribution is -2.07. The Balaban J connectivity index is 2.63. The highest BCUT2D eigenvalue weighted by Gasteiger charge is 2.15. The molecule has 0 aliphatic rings. The van der Waals surface area contributed by atoms with E-state index in [2.05, 4.69) is 0 Å². The molecular formula is C11H6F2INO2. The van der Waals surface area contributed by atoms with Gasteiger partial charge in [0, 0.05) is 15.8 Å². The fourth-order valence-corrected chi connectivity index (χ4v) is 2.04. The summed E-state index contributed by atoms with van der Waals surface area (Å²) in [6, 6.07) is 4.41. The fraction of sp³-hybridized carbons (Fsp3) is 0. The number of carbonyl (C=O) groups is 1. The number of halogens is 3. The number of hydrogen-bond acceptors (Lipinski definition) is 1. The zero-order valence-corrected chi connectivity index (χ0v) is 10.5. The van der Waals surface area contributed by atoms with E-state index in [0.717, 1.165) is 6.07 Å². The van der Waals surface area contributed by atoms with Gasteiger partial charge >= 0.3 is 5.97 Å². The van der Waals surface area contributed by atoms with Crippen LogP contribution in [0.3, 0.4) is 0 Å². The van der Waals surface area contributed by atoms with Gasteiger partial charge in [0.2, 0.25) is 0 Å². The van der Waals surface area contributed by atoms with Crippen molar-refractivity contribution in [3.05, 3.63) is 51.4 Å². The Morgan fingerprint density at radius 3 is 2.59 bits per heavy atom. The summed E-state index contributed by atoms with van der Waals surface area (Å²) in [5, 5.41) is 8.97. The second-order valence-electron chi connectivity index (χ2n) is 3.31. The van der Waals surface area contributed by atoms with Crippen LogP contribution < -0.4 is 0 Å². The molecule has 1 heterocycles. The number of nitrogens with zero attached hydrogens (tertiary/aromatic N) is 1. The predicted molar refractivity (Wildman–Crippen MR) is 65.4 cm³/mol. The molecule has 0 aliphatic carbocycles. The molecule has 1 aromatic heterocycles. The first-order valence-electron chi connectivity index (χ1n) is 4.55. The van der Waals surface area contributed by atoms with Gasteiger partial charge in [-0.3, -0.25) is 0 Å². The molecule has 0 amide bonds. The molecule has 3 nitrogen and oxygen atoms in total. The lowest BCUT2D eigenvalue weighted by atomic mass is 10.3. The molecule has 17 heavy (non-hydrogen) atoms. The molecule has 0 spiro atoms. The van der Waals surface area contributed by atoms with Gasteiger partial charge in [0.1, 0.15) is 17.3 Å². The van der Waals surface area contributed by atoms with Crippen molar-refractivity contribution >= 4 is 28.6 Å². The van der Waals surface area contributed by atoms with Crippen molar-refractivity contribution in [2.75, 3.05) is 0 Å². The van der Waals surface area contributed by atoms with Crippen LogP contribution in [-0.4, -0.2) is 15.6 Å². The highest BCUT2D eigenvalue weighted by molar-refractivity contribution is 14.1. The predicted octanol–water partition coefficient (Wildman–Crippen LogP) is 3.06. The van der Waals surface area contributed by atoms with Gasteiger partial charge in [-0.15, -0.1) is 0 Å². The summed E-state index contributed by atoms with van der Waals surface area (Å²) in [4.78, 5) is 11.0. The summed E-state index contributed by atoms with van der Waals surface area (Å²) in [5.74, 6) is -2.68. The van der Waals surface area contributed by atoms with E-state index in [1.807, 2.05) is 22.6 Å². The van der Waals surface area contributed by atoms with Gasteiger partial charge in [-0.05, 0) is 40.8 Å². The minimum absolute atomic E-state index is 0.00622. The standard InChI is InChI=1S/C11H6F2INO2/c12-6-1-2-9(8(13)3-6)15-5-7(14)4-10(15)11(16)17/h1-5H,(H,16,17). The van der Waals surface area contributed by atoms with Crippen LogP contribution in [0.15, 0.2) is 30.5 Å². The molecule has 6 heteroatoms. The van der Waals surface area contributed by atoms with E-state index >= 15 is 0 Å². The summed E-state index contributed by atoms with van der Waals surface area (Å²) in [6.45, 7) is 0. The van der Waals surface area contributed by atoms with Crippen LogP contribution >= 0.6 is 22.6 Å². The van der Waals surface area contributed by atoms with Gasteiger partial charge in [0.15, 0.2) is 0 Å². The van der Waals surface area contributed by atoms with Crippen LogP contribution in [0.25, 0.3) is 5.69 Å². The SMILES string of the molecule is O=C(O)c1cc(I)cn1-c1ccc(F)cc1F. The molecule has 0 saturated heterocycles. The molecule has 0 saturated carbocycles. The van der Waals surface area contributed by atoms with Crippen LogP contribution in [0.4, 0.5) is 8.78 Å². The van der Waals surface area contributed by atoms with Crippen molar-refractivity contribution < 1.29 is 18.7 Å². The summed E-state index contributed by atoms with van der Waals surface area (Å²) in [5.41, 5.74) is -0.0633. The first-order valence-corrected chi connectivity index (χ1v) is 5.63. The number of benzene rings is 1. The van der Waals surface area contributed by atoms with Gasteiger partial charge in [0.25, 0.3) is 0 Å². The number of carboxylic acid groups (broad SMARTS) is 1. The summed E-state index contributed by atoms with van der Waals surface area (Å²) in [6.07, 6.45) is 1.47. The largest absolute Gasteiger partial charge is 0.477 e. The van der Waals surface area contributed by atoms with Crippen molar-refractivity contribution in [1.82, 2.24) is 4.57 Å². The molecule has 1 aromatic carbocycles. The Bertz CT molecular complexity index is 595. The average Bonchev–Trinajstić information content (AvgIpc) is 2.60. The van der Waals surface area contributed by atoms with Crippen LogP contribution in [0.2, 0.25) is 0 Å². The molecule has 0 atom stereocenters. The lowest BCUT2D eigenvalue weighted by molar-refractivity contribution is 0.0688. The van der Waals surface area contributed by atoms with E-state index in [0.29, 0.717) is 9.64 Å². The Kier molecular flexibility index (Phi) is 3.14. The summed E-state index contributed by atoms with van der Waals surface area (Å²) < 4.78 is 28.1. The van der Waals surface area contributed by atoms with Gasteiger partial charge < -0.3 is 9.67 Å². The van der Waals surface area contributed by atoms with E-state index in [4.69, 9.17) is 5.11 Å². The van der Waals surface area contributed by atoms with Crippen LogP contribution in [0, 0.1) is 15.2 Å². The van der Waals surface area contributed by atoms with Gasteiger partial charge in [-0.2, -0.15) is 0 Å². The highest BCUT2D eigenvalue weighted by Crippen LogP contribution is 2.20. The third-order valence-electron chi connectivity index (χ3n) is 2.17. The van der Waals surface area contributed by atoms with Crippen molar-refractivity contribution in [3.63, 3.8) is 0 Å². The molecule has 0 unspecified atom stereocenters. The van der Waals surface area contributed by atoms with E-state index in [1.54, 1.807) is 0 Å². The maximum Gasteiger partial charge on any atom is 0.352 e. The van der Waals surface area contributed by atoms with Crippen molar-refractivity contribution in [2.24, 2.45) is 0 Å². The van der Waals surface area contributed by atoms with Gasteiger partial charge in [0.05, 0.1) is 5.69 Å². The minimum atomic E-state index is -1.17. The second-order valence-corrected chi connectivity index (χ2v) is 4.56. The minimum Gasteiger partial charge on any atom is -0.477 e. The molecular weight excluding hydrogens is 343 g/mol. The first-order chi connectivity index (χ1) is 7.99. The van der Waals surface area contributed by atoms with Crippen LogP contribution in [-0.2, 0) is 0 Å². The molecule has 88 valence electrons. The Hall–Kier alpha value is -1.44. The smallest absolute Gasteiger partial charge is 0.352 e. The number of carboxylic acids is 1. The van der Waals surface area contributed by atoms with E-state index in [1.165, 1.54) is 22.9 Å². The van der Waals surface area contributed by atoms with E-state index < -0.39 is 17.6 Å². The number of rotatable bonds is 2. The zero-order chi connectivity index (χ0) is 12.6. The highest BCUT2D eigenvalue weighted by atomic mass is 127. The Labute approximate surface area is 109 Å². The molecule has 2 rings (SSSR count).